The molecule has 3 heteroatoms. The van der Waals surface area contributed by atoms with E-state index in [9.17, 15) is 4.39 Å². The zero-order valence-electron chi connectivity index (χ0n) is 10.9. The number of likely N-dealkylation sites (tertiary alicyclic amines) is 1. The topological polar surface area (TPSA) is 29.3 Å². The van der Waals surface area contributed by atoms with Crippen molar-refractivity contribution in [1.29, 1.82) is 0 Å². The van der Waals surface area contributed by atoms with E-state index in [0.29, 0.717) is 0 Å². The quantitative estimate of drug-likeness (QED) is 0.870. The Balaban J connectivity index is 1.83. The average Bonchev–Trinajstić information content (AvgIpc) is 2.40. The van der Waals surface area contributed by atoms with Crippen LogP contribution in [-0.4, -0.2) is 24.5 Å². The van der Waals surface area contributed by atoms with Crippen LogP contribution in [-0.2, 0) is 6.54 Å². The van der Waals surface area contributed by atoms with Crippen LogP contribution in [0.2, 0.25) is 0 Å². The molecule has 1 aromatic carbocycles. The van der Waals surface area contributed by atoms with Crippen molar-refractivity contribution >= 4 is 0 Å². The fraction of sp³-hybridized carbons (Fsp3) is 0.600. The molecule has 2 rings (SSSR count). The Bertz CT molecular complexity index is 350. The Morgan fingerprint density at radius 2 is 2.06 bits per heavy atom. The van der Waals surface area contributed by atoms with Gasteiger partial charge in [-0.05, 0) is 62.4 Å². The van der Waals surface area contributed by atoms with E-state index >= 15 is 0 Å². The highest BCUT2D eigenvalue weighted by Crippen LogP contribution is 2.22. The molecule has 0 aromatic heterocycles. The molecular formula is C15H23FN2. The van der Waals surface area contributed by atoms with Gasteiger partial charge < -0.3 is 5.73 Å². The summed E-state index contributed by atoms with van der Waals surface area (Å²) >= 11 is 0. The van der Waals surface area contributed by atoms with E-state index in [2.05, 4.69) is 4.90 Å². The van der Waals surface area contributed by atoms with Gasteiger partial charge in [0.25, 0.3) is 0 Å². The van der Waals surface area contributed by atoms with Gasteiger partial charge in [-0.2, -0.15) is 0 Å². The Morgan fingerprint density at radius 3 is 2.78 bits per heavy atom. The van der Waals surface area contributed by atoms with Crippen LogP contribution in [0.3, 0.4) is 0 Å². The lowest BCUT2D eigenvalue weighted by Gasteiger charge is -2.32. The Kier molecular flexibility index (Phi) is 5.14. The number of rotatable bonds is 5. The number of piperidine rings is 1. The highest BCUT2D eigenvalue weighted by molar-refractivity contribution is 5.15. The lowest BCUT2D eigenvalue weighted by molar-refractivity contribution is 0.160. The van der Waals surface area contributed by atoms with Gasteiger partial charge in [-0.3, -0.25) is 4.90 Å². The first-order valence-corrected chi connectivity index (χ1v) is 6.95. The molecule has 1 atom stereocenters. The first kappa shape index (κ1) is 13.5. The Hall–Kier alpha value is -0.930. The highest BCUT2D eigenvalue weighted by Gasteiger charge is 2.19. The zero-order valence-corrected chi connectivity index (χ0v) is 10.9. The van der Waals surface area contributed by atoms with Crippen molar-refractivity contribution in [2.24, 2.45) is 11.7 Å². The van der Waals surface area contributed by atoms with Crippen molar-refractivity contribution < 1.29 is 4.39 Å². The molecular weight excluding hydrogens is 227 g/mol. The molecule has 0 saturated carbocycles. The number of hydrogen-bond donors (Lipinski definition) is 1. The van der Waals surface area contributed by atoms with Crippen LogP contribution in [0.5, 0.6) is 0 Å². The number of nitrogens with zero attached hydrogens (tertiary/aromatic N) is 1. The van der Waals surface area contributed by atoms with Gasteiger partial charge in [0.1, 0.15) is 5.82 Å². The van der Waals surface area contributed by atoms with Gasteiger partial charge >= 0.3 is 0 Å². The van der Waals surface area contributed by atoms with Crippen molar-refractivity contribution in [2.75, 3.05) is 19.6 Å². The van der Waals surface area contributed by atoms with Gasteiger partial charge in [0, 0.05) is 13.1 Å². The summed E-state index contributed by atoms with van der Waals surface area (Å²) in [5.74, 6) is 0.640. The molecule has 0 spiro atoms. The molecule has 1 unspecified atom stereocenters. The summed E-state index contributed by atoms with van der Waals surface area (Å²) in [5.41, 5.74) is 6.77. The van der Waals surface area contributed by atoms with Crippen molar-refractivity contribution in [3.05, 3.63) is 35.6 Å². The fourth-order valence-electron chi connectivity index (χ4n) is 2.79. The molecule has 0 bridgehead atoms. The van der Waals surface area contributed by atoms with Crippen molar-refractivity contribution in [1.82, 2.24) is 4.90 Å². The number of nitrogens with two attached hydrogens (primary N) is 1. The molecule has 1 heterocycles. The van der Waals surface area contributed by atoms with Crippen LogP contribution in [0.25, 0.3) is 0 Å². The molecule has 1 aliphatic rings. The standard InChI is InChI=1S/C15H23FN2/c16-15-7-5-14(6-8-15)12-18-10-2-4-13(11-18)3-1-9-17/h5-8,13H,1-4,9-12,17H2. The molecule has 1 aliphatic heterocycles. The lowest BCUT2D eigenvalue weighted by Crippen LogP contribution is -2.35. The second kappa shape index (κ2) is 6.86. The van der Waals surface area contributed by atoms with Crippen LogP contribution < -0.4 is 5.73 Å². The minimum Gasteiger partial charge on any atom is -0.330 e. The van der Waals surface area contributed by atoms with Crippen LogP contribution in [0.1, 0.15) is 31.2 Å². The van der Waals surface area contributed by atoms with Gasteiger partial charge in [-0.15, -0.1) is 0 Å². The first-order valence-electron chi connectivity index (χ1n) is 6.95. The molecule has 1 aromatic rings. The Morgan fingerprint density at radius 1 is 1.28 bits per heavy atom. The van der Waals surface area contributed by atoms with Crippen molar-refractivity contribution in [3.8, 4) is 0 Å². The largest absolute Gasteiger partial charge is 0.330 e. The molecule has 2 nitrogen and oxygen atoms in total. The third-order valence-corrected chi connectivity index (χ3v) is 3.74. The first-order chi connectivity index (χ1) is 8.78. The van der Waals surface area contributed by atoms with Gasteiger partial charge in [0.05, 0.1) is 0 Å². The van der Waals surface area contributed by atoms with Crippen molar-refractivity contribution in [2.45, 2.75) is 32.2 Å². The maximum atomic E-state index is 12.8. The predicted octanol–water partition coefficient (Wildman–Crippen LogP) is 2.78. The van der Waals surface area contributed by atoms with Crippen LogP contribution in [0.15, 0.2) is 24.3 Å². The minimum atomic E-state index is -0.154. The molecule has 0 aliphatic carbocycles. The van der Waals surface area contributed by atoms with Crippen LogP contribution in [0.4, 0.5) is 4.39 Å². The summed E-state index contributed by atoms with van der Waals surface area (Å²) in [7, 11) is 0. The third-order valence-electron chi connectivity index (χ3n) is 3.74. The van der Waals surface area contributed by atoms with Crippen LogP contribution in [0, 0.1) is 11.7 Å². The minimum absolute atomic E-state index is 0.154. The summed E-state index contributed by atoms with van der Waals surface area (Å²) in [4.78, 5) is 2.48. The van der Waals surface area contributed by atoms with E-state index in [1.54, 1.807) is 12.1 Å². The van der Waals surface area contributed by atoms with Crippen LogP contribution >= 0.6 is 0 Å². The monoisotopic (exact) mass is 250 g/mol. The smallest absolute Gasteiger partial charge is 0.123 e. The van der Waals surface area contributed by atoms with E-state index in [1.165, 1.54) is 24.8 Å². The third kappa shape index (κ3) is 4.07. The van der Waals surface area contributed by atoms with Gasteiger partial charge in [0.15, 0.2) is 0 Å². The van der Waals surface area contributed by atoms with E-state index in [1.807, 2.05) is 12.1 Å². The predicted molar refractivity (Wildman–Crippen MR) is 72.7 cm³/mol. The summed E-state index contributed by atoms with van der Waals surface area (Å²) in [6.45, 7) is 4.07. The van der Waals surface area contributed by atoms with E-state index in [4.69, 9.17) is 5.73 Å². The molecule has 18 heavy (non-hydrogen) atoms. The van der Waals surface area contributed by atoms with E-state index in [0.717, 1.165) is 38.5 Å². The molecule has 0 amide bonds. The maximum absolute atomic E-state index is 12.8. The SMILES string of the molecule is NCCCC1CCCN(Cc2ccc(F)cc2)C1. The Labute approximate surface area is 109 Å². The fourth-order valence-corrected chi connectivity index (χ4v) is 2.79. The van der Waals surface area contributed by atoms with Gasteiger partial charge in [0.2, 0.25) is 0 Å². The molecule has 1 saturated heterocycles. The number of hydrogen-bond acceptors (Lipinski definition) is 2. The van der Waals surface area contributed by atoms with E-state index in [-0.39, 0.29) is 5.82 Å². The van der Waals surface area contributed by atoms with E-state index < -0.39 is 0 Å². The highest BCUT2D eigenvalue weighted by atomic mass is 19.1. The number of halogens is 1. The molecule has 2 N–H and O–H groups in total. The summed E-state index contributed by atoms with van der Waals surface area (Å²) in [5, 5.41) is 0. The summed E-state index contributed by atoms with van der Waals surface area (Å²) < 4.78 is 12.8. The molecule has 0 radical (unpaired) electrons. The normalized spacial score (nSPS) is 21.1. The lowest BCUT2D eigenvalue weighted by atomic mass is 9.93. The molecule has 100 valence electrons. The zero-order chi connectivity index (χ0) is 12.8. The maximum Gasteiger partial charge on any atom is 0.123 e. The second-order valence-corrected chi connectivity index (χ2v) is 5.30. The van der Waals surface area contributed by atoms with Crippen molar-refractivity contribution in [3.63, 3.8) is 0 Å². The average molecular weight is 250 g/mol. The summed E-state index contributed by atoms with van der Waals surface area (Å²) in [6, 6.07) is 6.87. The molecule has 1 fully saturated rings. The van der Waals surface area contributed by atoms with Gasteiger partial charge in [-0.1, -0.05) is 12.1 Å². The second-order valence-electron chi connectivity index (χ2n) is 5.30. The van der Waals surface area contributed by atoms with Gasteiger partial charge in [-0.25, -0.2) is 4.39 Å². The summed E-state index contributed by atoms with van der Waals surface area (Å²) in [6.07, 6.45) is 4.99. The number of benzene rings is 1.